The highest BCUT2D eigenvalue weighted by atomic mass is 19.4. The third-order valence-corrected chi connectivity index (χ3v) is 5.72. The summed E-state index contributed by atoms with van der Waals surface area (Å²) < 4.78 is 79.6. The van der Waals surface area contributed by atoms with E-state index in [1.54, 1.807) is 0 Å². The number of hydrogen-bond acceptors (Lipinski definition) is 5. The Kier molecular flexibility index (Phi) is 5.41. The molecular weight excluding hydrogens is 488 g/mol. The monoisotopic (exact) mass is 503 g/mol. The summed E-state index contributed by atoms with van der Waals surface area (Å²) in [5.74, 6) is -2.46. The number of alkyl halides is 6. The molecule has 1 aromatic heterocycles. The van der Waals surface area contributed by atoms with Crippen molar-refractivity contribution in [2.45, 2.75) is 25.2 Å². The van der Waals surface area contributed by atoms with Gasteiger partial charge in [0.05, 0.1) is 22.7 Å². The second-order valence-electron chi connectivity index (χ2n) is 8.18. The Hall–Kier alpha value is -3.91. The first-order chi connectivity index (χ1) is 16.1. The van der Waals surface area contributed by atoms with E-state index in [0.717, 1.165) is 27.0 Å². The summed E-state index contributed by atoms with van der Waals surface area (Å²) in [4.78, 5) is 42.0. The van der Waals surface area contributed by atoms with Crippen molar-refractivity contribution in [3.05, 3.63) is 41.4 Å². The number of carboxylic acids is 1. The molecule has 2 fully saturated rings. The quantitative estimate of drug-likeness (QED) is 0.380. The Morgan fingerprint density at radius 1 is 1.09 bits per heavy atom. The summed E-state index contributed by atoms with van der Waals surface area (Å²) in [6.45, 7) is -0.339. The van der Waals surface area contributed by atoms with Crippen LogP contribution in [0, 0.1) is 5.41 Å². The number of nitrogens with zero attached hydrogens (tertiary/aromatic N) is 5. The van der Waals surface area contributed by atoms with Crippen molar-refractivity contribution in [3.63, 3.8) is 0 Å². The maximum atomic E-state index is 13.1. The zero-order valence-electron chi connectivity index (χ0n) is 17.7. The smallest absolute Gasteiger partial charge is 0.416 e. The summed E-state index contributed by atoms with van der Waals surface area (Å²) in [5, 5.41) is 13.1. The minimum absolute atomic E-state index is 0.0292. The summed E-state index contributed by atoms with van der Waals surface area (Å²) in [7, 11) is 1.24. The van der Waals surface area contributed by atoms with E-state index >= 15 is 0 Å². The van der Waals surface area contributed by atoms with Gasteiger partial charge < -0.3 is 5.11 Å². The first-order valence-electron chi connectivity index (χ1n) is 9.88. The highest BCUT2D eigenvalue weighted by Crippen LogP contribution is 2.47. The standard InChI is InChI=1S/C20H15F6N5O4/c1-29-13(15(32)31(17(29)35)8-18(2-3-18)16(33)34)7-30-9-27-14(28-30)10-4-11(19(21,22)23)6-12(5-10)20(24,25)26/h4-7,9H,2-3,8H2,1H3,(H,33,34)/b13-7-. The number of carboxylic acid groups (broad SMARTS) is 1. The van der Waals surface area contributed by atoms with Crippen LogP contribution in [-0.4, -0.2) is 61.2 Å². The third kappa shape index (κ3) is 4.44. The number of carbonyl (C=O) groups is 3. The zero-order valence-corrected chi connectivity index (χ0v) is 17.7. The summed E-state index contributed by atoms with van der Waals surface area (Å²) in [6, 6.07) is 0.0998. The molecule has 2 aromatic rings. The molecule has 0 spiro atoms. The summed E-state index contributed by atoms with van der Waals surface area (Å²) in [6.07, 6.45) is -7.58. The molecule has 9 nitrogen and oxygen atoms in total. The van der Waals surface area contributed by atoms with Gasteiger partial charge in [-0.1, -0.05) is 0 Å². The molecule has 1 aliphatic heterocycles. The number of aliphatic carboxylic acids is 1. The van der Waals surface area contributed by atoms with E-state index in [9.17, 15) is 45.8 Å². The zero-order chi connectivity index (χ0) is 25.9. The number of rotatable bonds is 5. The van der Waals surface area contributed by atoms with Crippen LogP contribution in [0.15, 0.2) is 30.2 Å². The van der Waals surface area contributed by atoms with Gasteiger partial charge in [0.15, 0.2) is 5.82 Å². The largest absolute Gasteiger partial charge is 0.481 e. The molecule has 15 heteroatoms. The predicted molar refractivity (Wildman–Crippen MR) is 104 cm³/mol. The van der Waals surface area contributed by atoms with Gasteiger partial charge in [-0.15, -0.1) is 5.10 Å². The number of aromatic nitrogens is 3. The van der Waals surface area contributed by atoms with Crippen LogP contribution in [0.25, 0.3) is 17.6 Å². The fourth-order valence-corrected chi connectivity index (χ4v) is 3.51. The Morgan fingerprint density at radius 2 is 1.66 bits per heavy atom. The van der Waals surface area contributed by atoms with Crippen molar-refractivity contribution in [2.75, 3.05) is 13.6 Å². The van der Waals surface area contributed by atoms with Crippen molar-refractivity contribution in [1.82, 2.24) is 24.6 Å². The second-order valence-corrected chi connectivity index (χ2v) is 8.18. The number of imide groups is 1. The molecule has 2 heterocycles. The topological polar surface area (TPSA) is 109 Å². The normalized spacial score (nSPS) is 19.1. The molecular formula is C20H15F6N5O4. The fourth-order valence-electron chi connectivity index (χ4n) is 3.51. The maximum Gasteiger partial charge on any atom is 0.416 e. The summed E-state index contributed by atoms with van der Waals surface area (Å²) >= 11 is 0. The van der Waals surface area contributed by atoms with Crippen LogP contribution in [0.4, 0.5) is 31.1 Å². The van der Waals surface area contributed by atoms with E-state index in [1.807, 2.05) is 0 Å². The molecule has 0 atom stereocenters. The van der Waals surface area contributed by atoms with Crippen molar-refractivity contribution in [2.24, 2.45) is 5.41 Å². The number of benzene rings is 1. The molecule has 0 unspecified atom stereocenters. The first kappa shape index (κ1) is 24.2. The third-order valence-electron chi connectivity index (χ3n) is 5.72. The molecule has 1 aromatic carbocycles. The van der Waals surface area contributed by atoms with Crippen LogP contribution in [0.1, 0.15) is 24.0 Å². The molecule has 0 radical (unpaired) electrons. The van der Waals surface area contributed by atoms with E-state index in [2.05, 4.69) is 10.1 Å². The Labute approximate surface area is 192 Å². The number of hydrogen-bond donors (Lipinski definition) is 1. The van der Waals surface area contributed by atoms with Gasteiger partial charge in [0.1, 0.15) is 12.0 Å². The molecule has 1 saturated heterocycles. The van der Waals surface area contributed by atoms with Crippen LogP contribution < -0.4 is 0 Å². The van der Waals surface area contributed by atoms with E-state index < -0.39 is 58.2 Å². The lowest BCUT2D eigenvalue weighted by Gasteiger charge is -2.17. The van der Waals surface area contributed by atoms with E-state index in [1.165, 1.54) is 7.05 Å². The minimum Gasteiger partial charge on any atom is -0.481 e. The Balaban J connectivity index is 1.65. The van der Waals surface area contributed by atoms with Crippen LogP contribution in [0.5, 0.6) is 0 Å². The lowest BCUT2D eigenvalue weighted by molar-refractivity contribution is -0.145. The van der Waals surface area contributed by atoms with Gasteiger partial charge in [0, 0.05) is 19.2 Å². The lowest BCUT2D eigenvalue weighted by atomic mass is 10.0. The fraction of sp³-hybridized carbons (Fsp3) is 0.350. The number of carbonyl (C=O) groups excluding carboxylic acids is 2. The predicted octanol–water partition coefficient (Wildman–Crippen LogP) is 3.54. The molecule has 0 bridgehead atoms. The molecule has 2 aliphatic rings. The molecule has 1 aliphatic carbocycles. The van der Waals surface area contributed by atoms with Crippen molar-refractivity contribution >= 4 is 24.1 Å². The Morgan fingerprint density at radius 3 is 2.14 bits per heavy atom. The number of urea groups is 1. The highest BCUT2D eigenvalue weighted by molar-refractivity contribution is 6.13. The molecule has 1 N–H and O–H groups in total. The van der Waals surface area contributed by atoms with Crippen molar-refractivity contribution < 1.29 is 45.8 Å². The van der Waals surface area contributed by atoms with Gasteiger partial charge in [-0.25, -0.2) is 14.5 Å². The van der Waals surface area contributed by atoms with Gasteiger partial charge in [-0.3, -0.25) is 19.4 Å². The highest BCUT2D eigenvalue weighted by Gasteiger charge is 2.55. The lowest BCUT2D eigenvalue weighted by Crippen LogP contribution is -2.39. The second kappa shape index (κ2) is 7.81. The van der Waals surface area contributed by atoms with Crippen LogP contribution in [0.3, 0.4) is 0 Å². The number of likely N-dealkylation sites (N-methyl/N-ethyl adjacent to an activating group) is 1. The molecule has 35 heavy (non-hydrogen) atoms. The van der Waals surface area contributed by atoms with E-state index in [-0.39, 0.29) is 18.3 Å². The molecule has 1 saturated carbocycles. The average molecular weight is 503 g/mol. The van der Waals surface area contributed by atoms with Crippen LogP contribution in [-0.2, 0) is 21.9 Å². The van der Waals surface area contributed by atoms with Crippen LogP contribution in [0.2, 0.25) is 0 Å². The van der Waals surface area contributed by atoms with Gasteiger partial charge in [0.25, 0.3) is 5.91 Å². The van der Waals surface area contributed by atoms with Gasteiger partial charge in [-0.05, 0) is 31.0 Å². The van der Waals surface area contributed by atoms with E-state index in [4.69, 9.17) is 0 Å². The van der Waals surface area contributed by atoms with Crippen molar-refractivity contribution in [3.8, 4) is 11.4 Å². The van der Waals surface area contributed by atoms with Gasteiger partial charge >= 0.3 is 24.4 Å². The van der Waals surface area contributed by atoms with E-state index in [0.29, 0.717) is 25.0 Å². The minimum atomic E-state index is -5.06. The van der Waals surface area contributed by atoms with Gasteiger partial charge in [-0.2, -0.15) is 26.3 Å². The first-order valence-corrected chi connectivity index (χ1v) is 9.88. The SMILES string of the molecule is CN1C(=O)N(CC2(C(=O)O)CC2)C(=O)/C1=C/n1cnc(-c2cc(C(F)(F)F)cc(C(F)(F)F)c2)n1. The molecule has 4 rings (SSSR count). The molecule has 3 amide bonds. The maximum absolute atomic E-state index is 13.1. The average Bonchev–Trinajstić information content (AvgIpc) is 3.36. The van der Waals surface area contributed by atoms with Crippen molar-refractivity contribution in [1.29, 1.82) is 0 Å². The molecule has 186 valence electrons. The van der Waals surface area contributed by atoms with Crippen LogP contribution >= 0.6 is 0 Å². The number of amides is 3. The summed E-state index contributed by atoms with van der Waals surface area (Å²) in [5.41, 5.74) is -5.10. The Bertz CT molecular complexity index is 1230. The number of halogens is 6. The van der Waals surface area contributed by atoms with Gasteiger partial charge in [0.2, 0.25) is 0 Å².